The molecule has 6 aromatic rings. The van der Waals surface area contributed by atoms with Crippen molar-refractivity contribution in [3.63, 3.8) is 0 Å². The van der Waals surface area contributed by atoms with E-state index in [0.717, 1.165) is 125 Å². The van der Waals surface area contributed by atoms with Crippen LogP contribution in [-0.4, -0.2) is 229 Å². The molecule has 0 aliphatic carbocycles. The molecule has 0 saturated carbocycles. The van der Waals surface area contributed by atoms with Gasteiger partial charge in [-0.3, -0.25) is 84.3 Å². The summed E-state index contributed by atoms with van der Waals surface area (Å²) in [5.41, 5.74) is 5.54. The average Bonchev–Trinajstić information content (AvgIpc) is 0.778. The molecule has 9 fully saturated rings. The summed E-state index contributed by atoms with van der Waals surface area (Å²) < 4.78 is 206. The molecule has 9 aliphatic heterocycles. The molecule has 0 spiro atoms. The number of nitrogens with zero attached hydrogens (tertiary/aromatic N) is 6. The van der Waals surface area contributed by atoms with Crippen LogP contribution < -0.4 is 67.2 Å². The van der Waals surface area contributed by atoms with Gasteiger partial charge in [0.25, 0.3) is 0 Å². The average molecular weight is 3080 g/mol. The molecule has 3 aromatic carbocycles. The van der Waals surface area contributed by atoms with E-state index in [1.165, 1.54) is 19.3 Å². The quantitative estimate of drug-likeness (QED) is 0.0456. The van der Waals surface area contributed by atoms with Crippen molar-refractivity contribution in [1.82, 2.24) is 29.7 Å². The number of rotatable bonds is 12. The van der Waals surface area contributed by atoms with Crippen molar-refractivity contribution in [1.29, 1.82) is 0 Å². The third-order valence-electron chi connectivity index (χ3n) is 17.5. The molecular weight excluding hydrogens is 3000 g/mol. The van der Waals surface area contributed by atoms with E-state index in [4.69, 9.17) is 119 Å². The van der Waals surface area contributed by atoms with Gasteiger partial charge in [0.2, 0.25) is 0 Å². The van der Waals surface area contributed by atoms with Crippen molar-refractivity contribution in [2.45, 2.75) is 75.0 Å². The molecular formula is C60H84I12N6O30S6-4. The summed E-state index contributed by atoms with van der Waals surface area (Å²) in [6.07, 6.45) is 16.9. The van der Waals surface area contributed by atoms with Gasteiger partial charge in [0, 0.05) is 72.5 Å². The fourth-order valence-corrected chi connectivity index (χ4v) is 13.3. The van der Waals surface area contributed by atoms with Gasteiger partial charge in [0.1, 0.15) is 17.2 Å². The van der Waals surface area contributed by atoms with Gasteiger partial charge in [-0.2, -0.15) is 50.5 Å². The minimum atomic E-state index is -4.67. The second-order valence-electron chi connectivity index (χ2n) is 23.8. The number of fused-ring (bicyclic) bond motifs is 12. The number of hydrogen-bond acceptors (Lipinski definition) is 24. The molecule has 15 atom stereocenters. The molecule has 36 nitrogen and oxygen atoms in total. The molecule has 0 radical (unpaired) electrons. The van der Waals surface area contributed by atoms with Crippen LogP contribution in [0.4, 0.5) is 0 Å². The van der Waals surface area contributed by atoms with E-state index >= 15 is 0 Å². The second-order valence-corrected chi connectivity index (χ2v) is 94.2. The van der Waals surface area contributed by atoms with Crippen molar-refractivity contribution in [3.05, 3.63) is 146 Å². The number of benzene rings is 3. The minimum absolute atomic E-state index is 0.178. The molecule has 9 aliphatic rings. The van der Waals surface area contributed by atoms with Crippen LogP contribution in [0.15, 0.2) is 129 Å². The molecule has 3 unspecified atom stereocenters. The number of piperidine rings is 9. The first-order valence-corrected chi connectivity index (χ1v) is 90.1. The molecule has 114 heavy (non-hydrogen) atoms. The number of aliphatic hydroxyl groups is 3. The zero-order chi connectivity index (χ0) is 87.9. The molecule has 15 N–H and O–H groups in total. The Morgan fingerprint density at radius 1 is 0.377 bits per heavy atom. The molecule has 54 heteroatoms. The van der Waals surface area contributed by atoms with Crippen LogP contribution in [0.3, 0.4) is 0 Å². The Labute approximate surface area is 782 Å². The van der Waals surface area contributed by atoms with E-state index in [2.05, 4.69) is 217 Å². The van der Waals surface area contributed by atoms with Crippen molar-refractivity contribution >= 4 is 244 Å². The van der Waals surface area contributed by atoms with Gasteiger partial charge in [-0.15, -0.1) is 19.7 Å². The van der Waals surface area contributed by atoms with Crippen LogP contribution in [0, 0.1) is 35.5 Å². The second kappa shape index (κ2) is 59.3. The summed E-state index contributed by atoms with van der Waals surface area (Å²) in [5, 5.41) is 36.4. The Morgan fingerprint density at radius 3 is 0.711 bits per heavy atom. The minimum Gasteiger partial charge on any atom is -0.264 e. The monoisotopic (exact) mass is 3080 g/mol. The van der Waals surface area contributed by atoms with E-state index in [-0.39, 0.29) is 18.1 Å². The number of ether oxygens (including phenoxy) is 3. The van der Waals surface area contributed by atoms with Gasteiger partial charge in [-0.05, 0) is 183 Å². The topological polar surface area (TPSA) is 584 Å². The fraction of sp³-hybridized carbons (Fsp3) is 0.450. The van der Waals surface area contributed by atoms with Crippen LogP contribution in [0.25, 0.3) is 32.7 Å². The van der Waals surface area contributed by atoms with Gasteiger partial charge in [0.05, 0.1) is 56.2 Å². The number of hydrogen-bond donors (Lipinski definition) is 15. The summed E-state index contributed by atoms with van der Waals surface area (Å²) in [7, 11) is -23.0. The van der Waals surface area contributed by atoms with Crippen LogP contribution in [0.5, 0.6) is 17.2 Å². The number of pyridine rings is 3. The largest absolute Gasteiger partial charge is 0.394 e. The molecule has 12 heterocycles. The third-order valence-corrected chi connectivity index (χ3v) is 17.5. The van der Waals surface area contributed by atoms with Gasteiger partial charge in [-0.25, -0.2) is 0 Å². The molecule has 0 amide bonds. The Morgan fingerprint density at radius 2 is 0.561 bits per heavy atom. The number of aromatic nitrogens is 3. The zero-order valence-electron chi connectivity index (χ0n) is 59.4. The Bertz CT molecular complexity index is 4050. The molecule has 658 valence electrons. The van der Waals surface area contributed by atoms with Crippen molar-refractivity contribution in [3.8, 4) is 17.2 Å². The van der Waals surface area contributed by atoms with Crippen LogP contribution in [-0.2, 0) is 62.4 Å². The van der Waals surface area contributed by atoms with Crippen molar-refractivity contribution in [2.75, 3.05) is 60.6 Å². The maximum Gasteiger partial charge on any atom is 0.394 e. The standard InChI is InChI=1S/3C20H24N2O2.4I3.6H2O4S/c3*1-3-13-12-22-9-7-14(13)10-19(22)20(23)16-6-8-21-18-5-4-15(24-2)11-17(16)18;4*1-3-2;6*1-5(2,3)4/h3*3-6,8,11,13-14,19-20,23H,1,7,9-10,12H2,2H3;;;;;6*(H2,1,2,3,4)/q;;;4*-1;;;;;;/t3*13-,14+,19+,20-;;;;;;;;;;/m111........../s1. The van der Waals surface area contributed by atoms with E-state index in [9.17, 15) is 15.3 Å². The molecule has 9 saturated heterocycles. The van der Waals surface area contributed by atoms with Gasteiger partial charge in [-0.1, -0.05) is 18.2 Å². The number of methoxy groups -OCH3 is 3. The third kappa shape index (κ3) is 50.6. The molecule has 3 aromatic heterocycles. The normalized spacial score (nSPS) is 22.9. The summed E-state index contributed by atoms with van der Waals surface area (Å²) in [6, 6.07) is 23.9. The van der Waals surface area contributed by atoms with Crippen LogP contribution >= 0.6 is 149 Å². The van der Waals surface area contributed by atoms with E-state index < -0.39 is 80.7 Å². The summed E-state index contributed by atoms with van der Waals surface area (Å²) >= 11 is 21.2. The van der Waals surface area contributed by atoms with E-state index in [1.807, 2.05) is 72.8 Å². The van der Waals surface area contributed by atoms with Gasteiger partial charge >= 0.3 is 264 Å². The first-order valence-electron chi connectivity index (χ1n) is 31.4. The van der Waals surface area contributed by atoms with E-state index in [1.54, 1.807) is 39.9 Å². The summed E-state index contributed by atoms with van der Waals surface area (Å²) in [5.74, 6) is 6.02. The maximum absolute atomic E-state index is 11.2. The number of aliphatic hydroxyl groups excluding tert-OH is 3. The Hall–Kier alpha value is 2.25. The summed E-state index contributed by atoms with van der Waals surface area (Å²) in [6.45, 7) is 18.2. The van der Waals surface area contributed by atoms with Crippen molar-refractivity contribution < 1.29 is 188 Å². The van der Waals surface area contributed by atoms with Crippen LogP contribution in [0.2, 0.25) is 0 Å². The van der Waals surface area contributed by atoms with Crippen LogP contribution in [0.1, 0.15) is 73.5 Å². The van der Waals surface area contributed by atoms with Gasteiger partial charge in [0.15, 0.2) is 0 Å². The summed E-state index contributed by atoms with van der Waals surface area (Å²) in [4.78, 5) is 20.6. The molecule has 15 rings (SSSR count). The van der Waals surface area contributed by atoms with Crippen molar-refractivity contribution in [2.24, 2.45) is 35.5 Å². The van der Waals surface area contributed by atoms with E-state index in [0.29, 0.717) is 88.5 Å². The fourth-order valence-electron chi connectivity index (χ4n) is 13.3. The first kappa shape index (κ1) is 116. The Kier molecular flexibility index (Phi) is 60.5. The first-order chi connectivity index (χ1) is 52.8. The predicted molar refractivity (Wildman–Crippen MR) is 482 cm³/mol. The predicted octanol–water partition coefficient (Wildman–Crippen LogP) is 0.704. The number of halogens is 12. The zero-order valence-corrected chi connectivity index (χ0v) is 90.2. The maximum atomic E-state index is 11.2. The molecule has 6 bridgehead atoms. The SMILES string of the molecule is C=C[C@@H]1CN2CC[C@H]1C[C@H]2[C@H](O)c1ccnc2ccc(OC)cc12.C=C[C@@H]1CN2CC[C@H]1C[C@H]2[C@H](O)c1ccnc2ccc(OC)cc12.C=C[C@@H]1CN2CC[C@H]1C[C@H]2[C@H](O)c1ccnc2ccc(OC)cc12.I[I-]I.I[I-]I.I[I-]I.I[I-]I.O=S(=O)(O)O.O=S(=O)(O)O.O=S(=O)(O)O.O=S(=O)(O)O.O=S(=O)(O)O.O=S(=O)(O)O. The van der Waals surface area contributed by atoms with Gasteiger partial charge < -0.3 is 29.5 Å². The Balaban J connectivity index is 0.00000135. The smallest absolute Gasteiger partial charge is 0.264 e.